The predicted molar refractivity (Wildman–Crippen MR) is 130 cm³/mol. The number of benzene rings is 2. The average Bonchev–Trinajstić information content (AvgIpc) is 3.26. The van der Waals surface area contributed by atoms with Crippen molar-refractivity contribution in [3.8, 4) is 11.3 Å². The molecule has 0 aliphatic carbocycles. The maximum Gasteiger partial charge on any atom is 0.278 e. The molecule has 0 bridgehead atoms. The second kappa shape index (κ2) is 9.30. The number of aromatic nitrogens is 1. The van der Waals surface area contributed by atoms with Gasteiger partial charge in [-0.25, -0.2) is 4.98 Å². The molecular formula is C22H21ClN4O2S2. The molecular weight excluding hydrogens is 452 g/mol. The topological polar surface area (TPSA) is 71.3 Å². The molecule has 6 nitrogen and oxygen atoms in total. The molecule has 0 amide bonds. The molecule has 1 fully saturated rings. The summed E-state index contributed by atoms with van der Waals surface area (Å²) < 4.78 is 0. The highest BCUT2D eigenvalue weighted by atomic mass is 35.5. The number of hydrogen-bond donors (Lipinski definition) is 1. The zero-order valence-electron chi connectivity index (χ0n) is 16.9. The van der Waals surface area contributed by atoms with Crippen molar-refractivity contribution in [3.05, 3.63) is 73.6 Å². The van der Waals surface area contributed by atoms with Crippen LogP contribution in [-0.2, 0) is 0 Å². The number of para-hydroxylation sites is 1. The van der Waals surface area contributed by atoms with E-state index in [2.05, 4.69) is 10.2 Å². The van der Waals surface area contributed by atoms with Crippen molar-refractivity contribution in [3.63, 3.8) is 0 Å². The summed E-state index contributed by atoms with van der Waals surface area (Å²) in [6.07, 6.45) is 1.85. The Morgan fingerprint density at radius 1 is 1.29 bits per heavy atom. The van der Waals surface area contributed by atoms with E-state index in [9.17, 15) is 10.1 Å². The van der Waals surface area contributed by atoms with Crippen molar-refractivity contribution >= 4 is 51.6 Å². The van der Waals surface area contributed by atoms with Gasteiger partial charge in [0.25, 0.3) is 5.69 Å². The molecule has 0 radical (unpaired) electrons. The molecule has 1 N–H and O–H groups in total. The number of nitrogens with zero attached hydrogens (tertiary/aromatic N) is 3. The fourth-order valence-corrected chi connectivity index (χ4v) is 5.26. The van der Waals surface area contributed by atoms with Crippen LogP contribution in [-0.4, -0.2) is 33.0 Å². The molecule has 2 aromatic carbocycles. The van der Waals surface area contributed by atoms with E-state index < -0.39 is 0 Å². The molecule has 0 atom stereocenters. The molecule has 1 aliphatic heterocycles. The van der Waals surface area contributed by atoms with Crippen LogP contribution in [0.4, 0.5) is 11.4 Å². The summed E-state index contributed by atoms with van der Waals surface area (Å²) in [6, 6.07) is 12.6. The van der Waals surface area contributed by atoms with E-state index >= 15 is 0 Å². The molecule has 31 heavy (non-hydrogen) atoms. The van der Waals surface area contributed by atoms with Gasteiger partial charge in [-0.3, -0.25) is 10.1 Å². The highest BCUT2D eigenvalue weighted by Crippen LogP contribution is 2.36. The lowest BCUT2D eigenvalue weighted by molar-refractivity contribution is -0.384. The van der Waals surface area contributed by atoms with Crippen molar-refractivity contribution in [1.82, 2.24) is 9.88 Å². The first-order chi connectivity index (χ1) is 14.9. The number of nitro groups is 1. The molecule has 0 spiro atoms. The van der Waals surface area contributed by atoms with E-state index in [4.69, 9.17) is 28.8 Å². The maximum absolute atomic E-state index is 11.3. The Bertz CT molecular complexity index is 1130. The van der Waals surface area contributed by atoms with Crippen molar-refractivity contribution < 1.29 is 4.92 Å². The highest BCUT2D eigenvalue weighted by Gasteiger charge is 2.26. The third kappa shape index (κ3) is 4.87. The number of rotatable bonds is 4. The predicted octanol–water partition coefficient (Wildman–Crippen LogP) is 6.26. The van der Waals surface area contributed by atoms with Crippen LogP contribution in [0.1, 0.15) is 29.3 Å². The molecule has 4 rings (SSSR count). The van der Waals surface area contributed by atoms with Crippen molar-refractivity contribution in [2.45, 2.75) is 25.7 Å². The summed E-state index contributed by atoms with van der Waals surface area (Å²) in [7, 11) is 0. The molecule has 1 saturated heterocycles. The SMILES string of the molecule is Cc1ccc(NC(=S)N2CCC(c3nc(-c4ccccc4[N+](=O)[O-])cs3)CC2)c(Cl)c1. The largest absolute Gasteiger partial charge is 0.349 e. The number of anilines is 1. The lowest BCUT2D eigenvalue weighted by Gasteiger charge is -2.33. The fraction of sp³-hybridized carbons (Fsp3) is 0.273. The number of nitrogens with one attached hydrogen (secondary N) is 1. The third-order valence-corrected chi connectivity index (χ3v) is 7.08. The number of aryl methyl sites for hydroxylation is 1. The maximum atomic E-state index is 11.3. The van der Waals surface area contributed by atoms with Crippen LogP contribution in [0, 0.1) is 17.0 Å². The van der Waals surface area contributed by atoms with E-state index in [0.29, 0.717) is 27.3 Å². The first-order valence-electron chi connectivity index (χ1n) is 9.93. The van der Waals surface area contributed by atoms with E-state index in [-0.39, 0.29) is 10.6 Å². The molecule has 9 heteroatoms. The van der Waals surface area contributed by atoms with Gasteiger partial charge >= 0.3 is 0 Å². The number of thiazole rings is 1. The van der Waals surface area contributed by atoms with Crippen LogP contribution < -0.4 is 5.32 Å². The standard InChI is InChI=1S/C22H21ClN4O2S2/c1-14-6-7-18(17(23)12-14)25-22(30)26-10-8-15(9-11-26)21-24-19(13-31-21)16-4-2-3-5-20(16)27(28)29/h2-7,12-13,15H,8-11H2,1H3,(H,25,30). The summed E-state index contributed by atoms with van der Waals surface area (Å²) in [5, 5.41) is 18.8. The quantitative estimate of drug-likeness (QED) is 0.274. The van der Waals surface area contributed by atoms with E-state index in [1.165, 1.54) is 6.07 Å². The lowest BCUT2D eigenvalue weighted by Crippen LogP contribution is -2.40. The van der Waals surface area contributed by atoms with Gasteiger partial charge in [0.05, 0.1) is 31.9 Å². The Hall–Kier alpha value is -2.55. The average molecular weight is 473 g/mol. The second-order valence-corrected chi connectivity index (χ2v) is 9.20. The zero-order chi connectivity index (χ0) is 22.0. The molecule has 2 heterocycles. The van der Waals surface area contributed by atoms with E-state index in [1.807, 2.05) is 30.5 Å². The van der Waals surface area contributed by atoms with Crippen molar-refractivity contribution in [1.29, 1.82) is 0 Å². The Morgan fingerprint density at radius 3 is 2.74 bits per heavy atom. The normalized spacial score (nSPS) is 14.5. The first-order valence-corrected chi connectivity index (χ1v) is 11.6. The number of halogens is 1. The fourth-order valence-electron chi connectivity index (χ4n) is 3.69. The minimum atomic E-state index is -0.360. The number of hydrogen-bond acceptors (Lipinski definition) is 5. The molecule has 1 aromatic heterocycles. The Kier molecular flexibility index (Phi) is 6.50. The zero-order valence-corrected chi connectivity index (χ0v) is 19.3. The monoisotopic (exact) mass is 472 g/mol. The van der Waals surface area contributed by atoms with Crippen LogP contribution in [0.5, 0.6) is 0 Å². The van der Waals surface area contributed by atoms with Gasteiger partial charge < -0.3 is 10.2 Å². The van der Waals surface area contributed by atoms with Crippen LogP contribution in [0.3, 0.4) is 0 Å². The van der Waals surface area contributed by atoms with Crippen LogP contribution in [0.2, 0.25) is 5.02 Å². The molecule has 160 valence electrons. The summed E-state index contributed by atoms with van der Waals surface area (Å²) >= 11 is 13.5. The highest BCUT2D eigenvalue weighted by molar-refractivity contribution is 7.80. The van der Waals surface area contributed by atoms with Gasteiger partial charge in [0.2, 0.25) is 0 Å². The summed E-state index contributed by atoms with van der Waals surface area (Å²) in [5.41, 5.74) is 3.23. The number of nitro benzene ring substituents is 1. The van der Waals surface area contributed by atoms with Crippen molar-refractivity contribution in [2.24, 2.45) is 0 Å². The first kappa shape index (κ1) is 21.7. The molecule has 1 aliphatic rings. The van der Waals surface area contributed by atoms with E-state index in [1.54, 1.807) is 29.5 Å². The van der Waals surface area contributed by atoms with Crippen LogP contribution in [0.15, 0.2) is 47.8 Å². The van der Waals surface area contributed by atoms with Crippen LogP contribution >= 0.6 is 35.2 Å². The molecule has 0 saturated carbocycles. The number of likely N-dealkylation sites (tertiary alicyclic amines) is 1. The van der Waals surface area contributed by atoms with Crippen LogP contribution in [0.25, 0.3) is 11.3 Å². The van der Waals surface area contributed by atoms with Gasteiger partial charge in [-0.2, -0.15) is 0 Å². The minimum Gasteiger partial charge on any atom is -0.349 e. The second-order valence-electron chi connectivity index (χ2n) is 7.52. The lowest BCUT2D eigenvalue weighted by atomic mass is 9.98. The van der Waals surface area contributed by atoms with Gasteiger partial charge in [-0.05, 0) is 55.7 Å². The van der Waals surface area contributed by atoms with Gasteiger partial charge in [0, 0.05) is 30.5 Å². The summed E-state index contributed by atoms with van der Waals surface area (Å²) in [5.74, 6) is 0.323. The Morgan fingerprint density at radius 2 is 2.03 bits per heavy atom. The van der Waals surface area contributed by atoms with Crippen molar-refractivity contribution in [2.75, 3.05) is 18.4 Å². The smallest absolute Gasteiger partial charge is 0.278 e. The summed E-state index contributed by atoms with van der Waals surface area (Å²) in [6.45, 7) is 3.64. The van der Waals surface area contributed by atoms with Gasteiger partial charge in [0.1, 0.15) is 0 Å². The third-order valence-electron chi connectivity index (χ3n) is 5.40. The Labute approximate surface area is 195 Å². The molecule has 0 unspecified atom stereocenters. The summed E-state index contributed by atoms with van der Waals surface area (Å²) in [4.78, 5) is 17.8. The Balaban J connectivity index is 1.39. The minimum absolute atomic E-state index is 0.0837. The van der Waals surface area contributed by atoms with Gasteiger partial charge in [0.15, 0.2) is 5.11 Å². The number of thiocarbonyl (C=S) groups is 1. The van der Waals surface area contributed by atoms with E-state index in [0.717, 1.165) is 42.2 Å². The number of piperidine rings is 1. The molecule has 3 aromatic rings. The van der Waals surface area contributed by atoms with Gasteiger partial charge in [-0.1, -0.05) is 29.8 Å². The van der Waals surface area contributed by atoms with Gasteiger partial charge in [-0.15, -0.1) is 11.3 Å².